The standard InChI is InChI=1S/C33H31ClFN7O3/c1-19-37-31(40-39-19)21-14-27-32(36-16-21)42(17-23-10-13-43-23)29(38-27)18-41-11-8-20(9-12-41)24-4-3-5-28-30(24)45-33(2,44-28)25-7-6-22(34)15-26(25)35/h3-8,14-16,23H,9-13,17-18H2,1-2H3,(H,37,39,40)/t23-,33?/m0/s1. The van der Waals surface area contributed by atoms with Gasteiger partial charge in [0.2, 0.25) is 0 Å². The maximum Gasteiger partial charge on any atom is 0.278 e. The van der Waals surface area contributed by atoms with Gasteiger partial charge < -0.3 is 23.8 Å². The molecule has 0 bridgehead atoms. The van der Waals surface area contributed by atoms with Gasteiger partial charge in [-0.15, -0.1) is 10.2 Å². The molecule has 3 aliphatic heterocycles. The number of aromatic nitrogens is 6. The van der Waals surface area contributed by atoms with Crippen LogP contribution in [-0.2, 0) is 23.6 Å². The molecule has 8 rings (SSSR count). The van der Waals surface area contributed by atoms with Crippen LogP contribution in [0, 0.1) is 12.7 Å². The van der Waals surface area contributed by atoms with Gasteiger partial charge in [0.25, 0.3) is 5.79 Å². The minimum absolute atomic E-state index is 0.168. The third kappa shape index (κ3) is 5.14. The molecule has 1 unspecified atom stereocenters. The molecule has 230 valence electrons. The van der Waals surface area contributed by atoms with Crippen LogP contribution in [0.5, 0.6) is 11.5 Å². The van der Waals surface area contributed by atoms with Crippen molar-refractivity contribution in [2.75, 3.05) is 19.7 Å². The van der Waals surface area contributed by atoms with Gasteiger partial charge in [0.15, 0.2) is 23.0 Å². The van der Waals surface area contributed by atoms with Crippen LogP contribution in [-0.4, -0.2) is 60.4 Å². The molecule has 1 N–H and O–H groups in total. The molecule has 0 saturated carbocycles. The second-order valence-electron chi connectivity index (χ2n) is 11.9. The first kappa shape index (κ1) is 28.2. The van der Waals surface area contributed by atoms with Crippen LogP contribution in [0.3, 0.4) is 0 Å². The molecule has 0 amide bonds. The minimum Gasteiger partial charge on any atom is -0.444 e. The molecule has 12 heteroatoms. The van der Waals surface area contributed by atoms with Gasteiger partial charge >= 0.3 is 0 Å². The first-order valence-corrected chi connectivity index (χ1v) is 15.5. The van der Waals surface area contributed by atoms with E-state index in [4.69, 9.17) is 35.8 Å². The Bertz CT molecular complexity index is 1970. The summed E-state index contributed by atoms with van der Waals surface area (Å²) in [5.41, 5.74) is 4.93. The fraction of sp³-hybridized carbons (Fsp3) is 0.333. The molecule has 1 saturated heterocycles. The van der Waals surface area contributed by atoms with Crippen molar-refractivity contribution < 1.29 is 18.6 Å². The lowest BCUT2D eigenvalue weighted by atomic mass is 9.98. The Hall–Kier alpha value is -4.32. The second kappa shape index (κ2) is 10.9. The summed E-state index contributed by atoms with van der Waals surface area (Å²) in [6, 6.07) is 12.4. The van der Waals surface area contributed by atoms with Crippen LogP contribution in [0.15, 0.2) is 54.7 Å². The fourth-order valence-corrected chi connectivity index (χ4v) is 6.41. The van der Waals surface area contributed by atoms with E-state index in [0.29, 0.717) is 34.5 Å². The van der Waals surface area contributed by atoms with Crippen molar-refractivity contribution in [1.82, 2.24) is 34.6 Å². The summed E-state index contributed by atoms with van der Waals surface area (Å²) in [7, 11) is 0. The summed E-state index contributed by atoms with van der Waals surface area (Å²) in [5, 5.41) is 8.62. The third-order valence-electron chi connectivity index (χ3n) is 8.72. The van der Waals surface area contributed by atoms with E-state index in [-0.39, 0.29) is 6.10 Å². The van der Waals surface area contributed by atoms with Crippen molar-refractivity contribution in [2.24, 2.45) is 0 Å². The van der Waals surface area contributed by atoms with E-state index in [9.17, 15) is 4.39 Å². The maximum atomic E-state index is 14.9. The highest BCUT2D eigenvalue weighted by atomic mass is 35.5. The Morgan fingerprint density at radius 1 is 1.16 bits per heavy atom. The van der Waals surface area contributed by atoms with Gasteiger partial charge in [-0.2, -0.15) is 0 Å². The van der Waals surface area contributed by atoms with Gasteiger partial charge in [-0.1, -0.05) is 29.8 Å². The van der Waals surface area contributed by atoms with Crippen LogP contribution >= 0.6 is 11.6 Å². The van der Waals surface area contributed by atoms with E-state index in [1.165, 1.54) is 6.07 Å². The zero-order valence-electron chi connectivity index (χ0n) is 24.9. The molecule has 10 nitrogen and oxygen atoms in total. The Labute approximate surface area is 263 Å². The van der Waals surface area contributed by atoms with E-state index in [0.717, 1.165) is 78.6 Å². The van der Waals surface area contributed by atoms with E-state index in [2.05, 4.69) is 30.7 Å². The highest BCUT2D eigenvalue weighted by Crippen LogP contribution is 2.49. The average molecular weight is 628 g/mol. The number of para-hydroxylation sites is 1. The van der Waals surface area contributed by atoms with Crippen molar-refractivity contribution in [3.05, 3.63) is 88.4 Å². The summed E-state index contributed by atoms with van der Waals surface area (Å²) >= 11 is 5.99. The molecule has 6 heterocycles. The number of rotatable bonds is 7. The van der Waals surface area contributed by atoms with Gasteiger partial charge in [0, 0.05) is 49.0 Å². The Morgan fingerprint density at radius 2 is 2.04 bits per heavy atom. The first-order chi connectivity index (χ1) is 21.8. The number of halogens is 2. The molecule has 3 aromatic heterocycles. The molecular weight excluding hydrogens is 597 g/mol. The fourth-order valence-electron chi connectivity index (χ4n) is 6.26. The van der Waals surface area contributed by atoms with Crippen molar-refractivity contribution in [2.45, 2.75) is 51.7 Å². The molecule has 0 aliphatic carbocycles. The lowest BCUT2D eigenvalue weighted by molar-refractivity contribution is -0.0708. The van der Waals surface area contributed by atoms with Gasteiger partial charge in [0.05, 0.1) is 24.8 Å². The largest absolute Gasteiger partial charge is 0.444 e. The zero-order valence-corrected chi connectivity index (χ0v) is 25.6. The molecular formula is C33H31ClFN7O3. The predicted molar refractivity (Wildman–Crippen MR) is 166 cm³/mol. The van der Waals surface area contributed by atoms with Crippen molar-refractivity contribution in [1.29, 1.82) is 0 Å². The van der Waals surface area contributed by atoms with Crippen molar-refractivity contribution in [3.63, 3.8) is 0 Å². The zero-order chi connectivity index (χ0) is 30.7. The number of pyridine rings is 1. The van der Waals surface area contributed by atoms with Crippen LogP contribution in [0.25, 0.3) is 28.1 Å². The minimum atomic E-state index is -1.29. The Balaban J connectivity index is 1.04. The summed E-state index contributed by atoms with van der Waals surface area (Å²) < 4.78 is 35.4. The topological polar surface area (TPSA) is 103 Å². The smallest absolute Gasteiger partial charge is 0.278 e. The van der Waals surface area contributed by atoms with E-state index in [1.807, 2.05) is 37.4 Å². The quantitative estimate of drug-likeness (QED) is 0.233. The molecule has 45 heavy (non-hydrogen) atoms. The van der Waals surface area contributed by atoms with Crippen molar-refractivity contribution >= 4 is 28.3 Å². The van der Waals surface area contributed by atoms with Gasteiger partial charge in [-0.05, 0) is 55.7 Å². The monoisotopic (exact) mass is 627 g/mol. The number of hydrogen-bond donors (Lipinski definition) is 1. The number of nitrogens with zero attached hydrogens (tertiary/aromatic N) is 6. The van der Waals surface area contributed by atoms with E-state index >= 15 is 0 Å². The van der Waals surface area contributed by atoms with Crippen LogP contribution < -0.4 is 9.47 Å². The molecule has 2 aromatic carbocycles. The number of imidazole rings is 1. The number of ether oxygens (including phenoxy) is 3. The van der Waals surface area contributed by atoms with E-state index in [1.54, 1.807) is 19.1 Å². The molecule has 3 aliphatic rings. The highest BCUT2D eigenvalue weighted by Gasteiger charge is 2.42. The number of aryl methyl sites for hydroxylation is 1. The number of H-pyrrole nitrogens is 1. The van der Waals surface area contributed by atoms with Crippen LogP contribution in [0.2, 0.25) is 5.02 Å². The summed E-state index contributed by atoms with van der Waals surface area (Å²) in [6.45, 7) is 7.35. The maximum absolute atomic E-state index is 14.9. The molecule has 5 aromatic rings. The van der Waals surface area contributed by atoms with Crippen LogP contribution in [0.1, 0.15) is 42.5 Å². The Morgan fingerprint density at radius 3 is 2.78 bits per heavy atom. The molecule has 2 atom stereocenters. The first-order valence-electron chi connectivity index (χ1n) is 15.1. The SMILES string of the molecule is Cc1nnc(-c2cnc3c(c2)nc(CN2CC=C(c4cccc5c4OC(C)(c4ccc(Cl)cc4F)O5)CC2)n3C[C@@H]2CCO2)[nH]1. The van der Waals surface area contributed by atoms with Gasteiger partial charge in [-0.3, -0.25) is 4.90 Å². The predicted octanol–water partition coefficient (Wildman–Crippen LogP) is 6.04. The summed E-state index contributed by atoms with van der Waals surface area (Å²) in [6.07, 6.45) is 6.05. The second-order valence-corrected chi connectivity index (χ2v) is 12.3. The lowest BCUT2D eigenvalue weighted by Gasteiger charge is -2.29. The Kier molecular flexibility index (Phi) is 6.85. The normalized spacial score (nSPS) is 21.2. The number of hydrogen-bond acceptors (Lipinski definition) is 8. The molecule has 0 radical (unpaired) electrons. The van der Waals surface area contributed by atoms with E-state index < -0.39 is 11.6 Å². The van der Waals surface area contributed by atoms with Crippen molar-refractivity contribution in [3.8, 4) is 22.9 Å². The third-order valence-corrected chi connectivity index (χ3v) is 8.96. The number of benzene rings is 2. The number of aromatic amines is 1. The average Bonchev–Trinajstić information content (AvgIpc) is 3.69. The summed E-state index contributed by atoms with van der Waals surface area (Å²) in [4.78, 5) is 15.4. The van der Waals surface area contributed by atoms with Gasteiger partial charge in [0.1, 0.15) is 23.0 Å². The van der Waals surface area contributed by atoms with Gasteiger partial charge in [-0.25, -0.2) is 14.4 Å². The number of fused-ring (bicyclic) bond motifs is 2. The lowest BCUT2D eigenvalue weighted by Crippen LogP contribution is -2.34. The van der Waals surface area contributed by atoms with Crippen LogP contribution in [0.4, 0.5) is 4.39 Å². The number of nitrogens with one attached hydrogen (secondary N) is 1. The highest BCUT2D eigenvalue weighted by molar-refractivity contribution is 6.30. The molecule has 1 fully saturated rings. The molecule has 0 spiro atoms. The summed E-state index contributed by atoms with van der Waals surface area (Å²) in [5.74, 6) is 1.83.